The van der Waals surface area contributed by atoms with Crippen molar-refractivity contribution >= 4 is 7.28 Å². The Morgan fingerprint density at radius 3 is 2.00 bits per heavy atom. The van der Waals surface area contributed by atoms with Crippen LogP contribution in [0.3, 0.4) is 0 Å². The summed E-state index contributed by atoms with van der Waals surface area (Å²) >= 11 is 0. The third-order valence-electron chi connectivity index (χ3n) is 2.87. The van der Waals surface area contributed by atoms with E-state index in [1.807, 2.05) is 6.92 Å². The van der Waals surface area contributed by atoms with E-state index in [2.05, 4.69) is 21.1 Å². The molecule has 0 bridgehead atoms. The zero-order valence-corrected chi connectivity index (χ0v) is 8.54. The first-order valence-corrected chi connectivity index (χ1v) is 4.81. The molecule has 13 heavy (non-hydrogen) atoms. The molecular weight excluding hydrogens is 165 g/mol. The van der Waals surface area contributed by atoms with Crippen LogP contribution in [0, 0.1) is 0 Å². The van der Waals surface area contributed by atoms with Crippen molar-refractivity contribution in [2.24, 2.45) is 5.73 Å². The van der Waals surface area contributed by atoms with Gasteiger partial charge in [0.1, 0.15) is 0 Å². The third-order valence-corrected chi connectivity index (χ3v) is 2.87. The second kappa shape index (κ2) is 2.72. The largest absolute Gasteiger partial charge is 0.373 e. The SMILES string of the molecule is CC(C)([B]C(C)(N)C1CO1)C1CO1. The van der Waals surface area contributed by atoms with Gasteiger partial charge < -0.3 is 15.2 Å². The van der Waals surface area contributed by atoms with E-state index in [1.165, 1.54) is 0 Å². The first-order chi connectivity index (χ1) is 5.92. The van der Waals surface area contributed by atoms with Crippen molar-refractivity contribution in [1.82, 2.24) is 0 Å². The summed E-state index contributed by atoms with van der Waals surface area (Å²) < 4.78 is 10.5. The number of hydrogen-bond acceptors (Lipinski definition) is 3. The van der Waals surface area contributed by atoms with Crippen molar-refractivity contribution < 1.29 is 9.47 Å². The van der Waals surface area contributed by atoms with Crippen LogP contribution in [0.15, 0.2) is 0 Å². The van der Waals surface area contributed by atoms with Gasteiger partial charge in [0.25, 0.3) is 0 Å². The van der Waals surface area contributed by atoms with Gasteiger partial charge in [-0.15, -0.1) is 0 Å². The third kappa shape index (κ3) is 2.06. The van der Waals surface area contributed by atoms with Gasteiger partial charge in [0.15, 0.2) is 7.28 Å². The smallest absolute Gasteiger partial charge is 0.150 e. The molecule has 2 saturated heterocycles. The van der Waals surface area contributed by atoms with Crippen molar-refractivity contribution in [3.8, 4) is 0 Å². The maximum atomic E-state index is 6.14. The number of ether oxygens (including phenoxy) is 2. The fourth-order valence-corrected chi connectivity index (χ4v) is 1.87. The van der Waals surface area contributed by atoms with Gasteiger partial charge in [0, 0.05) is 5.44 Å². The van der Waals surface area contributed by atoms with E-state index in [0.717, 1.165) is 13.2 Å². The van der Waals surface area contributed by atoms with E-state index >= 15 is 0 Å². The van der Waals surface area contributed by atoms with Crippen LogP contribution in [0.4, 0.5) is 0 Å². The minimum Gasteiger partial charge on any atom is -0.373 e. The number of nitrogens with two attached hydrogens (primary N) is 1. The van der Waals surface area contributed by atoms with E-state index in [-0.39, 0.29) is 16.9 Å². The van der Waals surface area contributed by atoms with Gasteiger partial charge in [-0.1, -0.05) is 20.8 Å². The number of rotatable bonds is 4. The summed E-state index contributed by atoms with van der Waals surface area (Å²) in [5.74, 6) is 0. The summed E-state index contributed by atoms with van der Waals surface area (Å²) in [5.41, 5.74) is 5.83. The van der Waals surface area contributed by atoms with Crippen LogP contribution in [0.25, 0.3) is 0 Å². The quantitative estimate of drug-likeness (QED) is 0.504. The highest BCUT2D eigenvalue weighted by Gasteiger charge is 2.49. The Hall–Kier alpha value is -0.0551. The van der Waals surface area contributed by atoms with E-state index in [0.29, 0.717) is 6.10 Å². The first-order valence-electron chi connectivity index (χ1n) is 4.81. The monoisotopic (exact) mass is 182 g/mol. The molecule has 0 saturated carbocycles. The van der Waals surface area contributed by atoms with Gasteiger partial charge in [-0.05, 0) is 5.31 Å². The predicted octanol–water partition coefficient (Wildman–Crippen LogP) is 0.362. The minimum atomic E-state index is -0.310. The zero-order chi connectivity index (χ0) is 9.69. The zero-order valence-electron chi connectivity index (χ0n) is 8.54. The van der Waals surface area contributed by atoms with E-state index in [9.17, 15) is 0 Å². The lowest BCUT2D eigenvalue weighted by atomic mass is 9.42. The van der Waals surface area contributed by atoms with Crippen LogP contribution in [-0.2, 0) is 9.47 Å². The molecule has 0 amide bonds. The van der Waals surface area contributed by atoms with Crippen LogP contribution >= 0.6 is 0 Å². The molecule has 1 radical (unpaired) electrons. The lowest BCUT2D eigenvalue weighted by Gasteiger charge is -2.31. The molecule has 2 N–H and O–H groups in total. The van der Waals surface area contributed by atoms with Gasteiger partial charge in [0.05, 0.1) is 25.4 Å². The number of epoxide rings is 2. The predicted molar refractivity (Wildman–Crippen MR) is 51.9 cm³/mol. The summed E-state index contributed by atoms with van der Waals surface area (Å²) in [6, 6.07) is 0. The Morgan fingerprint density at radius 2 is 1.62 bits per heavy atom. The molecular formula is C9H17BNO2. The molecule has 0 aromatic rings. The van der Waals surface area contributed by atoms with Crippen molar-refractivity contribution in [2.45, 2.75) is 43.7 Å². The molecule has 0 aromatic carbocycles. The molecule has 2 rings (SSSR count). The topological polar surface area (TPSA) is 51.1 Å². The molecule has 3 atom stereocenters. The molecule has 0 aromatic heterocycles. The Kier molecular flexibility index (Phi) is 1.99. The van der Waals surface area contributed by atoms with Crippen molar-refractivity contribution in [3.63, 3.8) is 0 Å². The highest BCUT2D eigenvalue weighted by molar-refractivity contribution is 6.44. The maximum absolute atomic E-state index is 6.14. The van der Waals surface area contributed by atoms with Gasteiger partial charge >= 0.3 is 0 Å². The van der Waals surface area contributed by atoms with E-state index in [4.69, 9.17) is 15.2 Å². The Balaban J connectivity index is 1.94. The minimum absolute atomic E-state index is 0.0649. The molecule has 3 unspecified atom stereocenters. The molecule has 2 aliphatic rings. The van der Waals surface area contributed by atoms with Crippen molar-refractivity contribution in [1.29, 1.82) is 0 Å². The summed E-state index contributed by atoms with van der Waals surface area (Å²) in [4.78, 5) is 0. The lowest BCUT2D eigenvalue weighted by molar-refractivity contribution is 0.338. The standard InChI is InChI=1S/C9H17BNO2/c1-8(2,6-4-12-6)10-9(3,11)7-5-13-7/h6-7H,4-5,11H2,1-3H3. The van der Waals surface area contributed by atoms with Crippen LogP contribution in [0.5, 0.6) is 0 Å². The fourth-order valence-electron chi connectivity index (χ4n) is 1.87. The summed E-state index contributed by atoms with van der Waals surface area (Å²) in [6.07, 6.45) is 0.569. The van der Waals surface area contributed by atoms with Crippen LogP contribution < -0.4 is 5.73 Å². The van der Waals surface area contributed by atoms with E-state index < -0.39 is 0 Å². The molecule has 0 spiro atoms. The highest BCUT2D eigenvalue weighted by Crippen LogP contribution is 2.41. The average molecular weight is 182 g/mol. The van der Waals surface area contributed by atoms with Gasteiger partial charge in [-0.25, -0.2) is 0 Å². The Bertz CT molecular complexity index is 188. The lowest BCUT2D eigenvalue weighted by Crippen LogP contribution is -2.52. The molecule has 0 aliphatic carbocycles. The van der Waals surface area contributed by atoms with Crippen LogP contribution in [-0.4, -0.2) is 38.1 Å². The molecule has 2 aliphatic heterocycles. The van der Waals surface area contributed by atoms with Crippen LogP contribution in [0.2, 0.25) is 5.31 Å². The Morgan fingerprint density at radius 1 is 1.15 bits per heavy atom. The van der Waals surface area contributed by atoms with Gasteiger partial charge in [0.2, 0.25) is 0 Å². The van der Waals surface area contributed by atoms with Gasteiger partial charge in [-0.2, -0.15) is 0 Å². The van der Waals surface area contributed by atoms with E-state index in [1.54, 1.807) is 0 Å². The highest BCUT2D eigenvalue weighted by atomic mass is 16.6. The maximum Gasteiger partial charge on any atom is 0.150 e. The van der Waals surface area contributed by atoms with Gasteiger partial charge in [-0.3, -0.25) is 0 Å². The number of hydrogen-bond donors (Lipinski definition) is 1. The molecule has 2 fully saturated rings. The van der Waals surface area contributed by atoms with Crippen molar-refractivity contribution in [3.05, 3.63) is 0 Å². The Labute approximate surface area is 80.2 Å². The second-order valence-corrected chi connectivity index (χ2v) is 4.98. The normalized spacial score (nSPS) is 36.6. The summed E-state index contributed by atoms with van der Waals surface area (Å²) in [7, 11) is 2.18. The average Bonchev–Trinajstić information content (AvgIpc) is 2.81. The summed E-state index contributed by atoms with van der Waals surface area (Å²) in [5, 5.41) is 0.0649. The molecule has 4 heteroatoms. The molecule has 3 nitrogen and oxygen atoms in total. The first kappa shape index (κ1) is 9.50. The second-order valence-electron chi connectivity index (χ2n) is 4.98. The summed E-state index contributed by atoms with van der Waals surface area (Å²) in [6.45, 7) is 8.02. The fraction of sp³-hybridized carbons (Fsp3) is 1.00. The van der Waals surface area contributed by atoms with Crippen molar-refractivity contribution in [2.75, 3.05) is 13.2 Å². The molecule has 2 heterocycles. The van der Waals surface area contributed by atoms with Crippen LogP contribution in [0.1, 0.15) is 20.8 Å². The molecule has 73 valence electrons.